The first-order valence-corrected chi connectivity index (χ1v) is 9.82. The lowest BCUT2D eigenvalue weighted by Gasteiger charge is -2.07. The van der Waals surface area contributed by atoms with Gasteiger partial charge >= 0.3 is 0 Å². The summed E-state index contributed by atoms with van der Waals surface area (Å²) >= 11 is 1.35. The Kier molecular flexibility index (Phi) is 6.26. The van der Waals surface area contributed by atoms with Crippen molar-refractivity contribution in [3.63, 3.8) is 0 Å². The predicted molar refractivity (Wildman–Crippen MR) is 109 cm³/mol. The van der Waals surface area contributed by atoms with Gasteiger partial charge in [-0.1, -0.05) is 12.1 Å². The fourth-order valence-corrected chi connectivity index (χ4v) is 3.44. The van der Waals surface area contributed by atoms with E-state index in [1.54, 1.807) is 19.1 Å². The van der Waals surface area contributed by atoms with Gasteiger partial charge in [-0.15, -0.1) is 11.3 Å². The number of ketones is 1. The molecule has 28 heavy (non-hydrogen) atoms. The number of nitrogens with zero attached hydrogens (tertiary/aromatic N) is 1. The van der Waals surface area contributed by atoms with Crippen molar-refractivity contribution in [1.82, 2.24) is 4.98 Å². The van der Waals surface area contributed by atoms with Gasteiger partial charge < -0.3 is 13.9 Å². The average Bonchev–Trinajstić information content (AvgIpc) is 3.24. The molecular weight excluding hydrogens is 376 g/mol. The molecule has 0 saturated heterocycles. The Hall–Kier alpha value is -2.93. The molecule has 0 aliphatic heterocycles. The Morgan fingerprint density at radius 1 is 1.21 bits per heavy atom. The van der Waals surface area contributed by atoms with Gasteiger partial charge in [0.25, 0.3) is 5.91 Å². The smallest absolute Gasteiger partial charge is 0.264 e. The maximum Gasteiger partial charge on any atom is 0.264 e. The van der Waals surface area contributed by atoms with Gasteiger partial charge in [0, 0.05) is 17.4 Å². The summed E-state index contributed by atoms with van der Waals surface area (Å²) in [5.74, 6) is 2.12. The Bertz CT molecular complexity index is 973. The zero-order valence-corrected chi connectivity index (χ0v) is 16.9. The highest BCUT2D eigenvalue weighted by molar-refractivity contribution is 7.14. The first kappa shape index (κ1) is 19.8. The molecule has 0 aliphatic rings. The molecular formula is C21H22N2O4S. The van der Waals surface area contributed by atoms with Crippen molar-refractivity contribution in [1.29, 1.82) is 0 Å². The number of nitrogens with one attached hydrogen (secondary N) is 1. The quantitative estimate of drug-likeness (QED) is 0.602. The van der Waals surface area contributed by atoms with E-state index in [4.69, 9.17) is 9.15 Å². The molecule has 0 radical (unpaired) electrons. The number of furan rings is 1. The number of thiazole rings is 1. The van der Waals surface area contributed by atoms with Gasteiger partial charge in [0.15, 0.2) is 11.7 Å². The predicted octanol–water partition coefficient (Wildman–Crippen LogP) is 4.56. The van der Waals surface area contributed by atoms with Gasteiger partial charge in [-0.2, -0.15) is 0 Å². The summed E-state index contributed by atoms with van der Waals surface area (Å²) in [5, 5.41) is 5.15. The highest BCUT2D eigenvalue weighted by Gasteiger charge is 2.13. The lowest BCUT2D eigenvalue weighted by molar-refractivity contribution is -0.118. The number of hydrogen-bond acceptors (Lipinski definition) is 6. The molecule has 2 heterocycles. The highest BCUT2D eigenvalue weighted by Crippen LogP contribution is 2.29. The minimum atomic E-state index is -0.276. The number of amides is 1. The molecule has 1 aromatic carbocycles. The zero-order chi connectivity index (χ0) is 20.1. The Labute approximate surface area is 167 Å². The van der Waals surface area contributed by atoms with Gasteiger partial charge in [-0.05, 0) is 51.0 Å². The van der Waals surface area contributed by atoms with E-state index in [9.17, 15) is 9.59 Å². The fraction of sp³-hybridized carbons (Fsp3) is 0.286. The summed E-state index contributed by atoms with van der Waals surface area (Å²) in [6, 6.07) is 9.33. The highest BCUT2D eigenvalue weighted by atomic mass is 32.1. The van der Waals surface area contributed by atoms with E-state index in [0.717, 1.165) is 28.3 Å². The molecule has 3 rings (SSSR count). The lowest BCUT2D eigenvalue weighted by Crippen LogP contribution is -2.20. The standard InChI is InChI=1S/C21H22N2O4S/c1-13(24)4-5-16-6-8-17(9-7-16)26-11-20(25)23-21-22-19(12-28-21)18-10-14(2)27-15(18)3/h6-10,12H,4-5,11H2,1-3H3,(H,22,23,25). The van der Waals surface area contributed by atoms with E-state index in [-0.39, 0.29) is 18.3 Å². The first-order chi connectivity index (χ1) is 13.4. The fourth-order valence-electron chi connectivity index (χ4n) is 2.72. The van der Waals surface area contributed by atoms with E-state index in [2.05, 4.69) is 10.3 Å². The van der Waals surface area contributed by atoms with Crippen LogP contribution in [0.15, 0.2) is 40.1 Å². The van der Waals surface area contributed by atoms with Crippen LogP contribution in [0.3, 0.4) is 0 Å². The van der Waals surface area contributed by atoms with E-state index in [1.165, 1.54) is 11.3 Å². The van der Waals surface area contributed by atoms with Crippen LogP contribution in [0.25, 0.3) is 11.3 Å². The number of benzene rings is 1. The molecule has 0 aliphatic carbocycles. The van der Waals surface area contributed by atoms with Crippen LogP contribution < -0.4 is 10.1 Å². The van der Waals surface area contributed by atoms with Gasteiger partial charge in [-0.25, -0.2) is 4.98 Å². The second-order valence-electron chi connectivity index (χ2n) is 6.55. The lowest BCUT2D eigenvalue weighted by atomic mass is 10.1. The van der Waals surface area contributed by atoms with Crippen LogP contribution in [0.1, 0.15) is 30.4 Å². The van der Waals surface area contributed by atoms with Crippen molar-refractivity contribution < 1.29 is 18.7 Å². The number of ether oxygens (including phenoxy) is 1. The molecule has 1 amide bonds. The Morgan fingerprint density at radius 3 is 2.61 bits per heavy atom. The molecule has 7 heteroatoms. The van der Waals surface area contributed by atoms with Crippen LogP contribution in [0.4, 0.5) is 5.13 Å². The van der Waals surface area contributed by atoms with Crippen molar-refractivity contribution >= 4 is 28.2 Å². The van der Waals surface area contributed by atoms with Crippen LogP contribution in [-0.4, -0.2) is 23.3 Å². The molecule has 0 bridgehead atoms. The number of Topliss-reactive ketones (excluding diaryl/α,β-unsaturated/α-hetero) is 1. The normalized spacial score (nSPS) is 10.7. The van der Waals surface area contributed by atoms with Crippen LogP contribution in [0.2, 0.25) is 0 Å². The van der Waals surface area contributed by atoms with Crippen LogP contribution in [0.5, 0.6) is 5.75 Å². The third kappa shape index (κ3) is 5.29. The molecule has 6 nitrogen and oxygen atoms in total. The van der Waals surface area contributed by atoms with Gasteiger partial charge in [0.05, 0.1) is 5.69 Å². The van der Waals surface area contributed by atoms with Crippen molar-refractivity contribution in [2.75, 3.05) is 11.9 Å². The van der Waals surface area contributed by atoms with Crippen LogP contribution >= 0.6 is 11.3 Å². The Balaban J connectivity index is 1.51. The van der Waals surface area contributed by atoms with Crippen LogP contribution in [-0.2, 0) is 16.0 Å². The average molecular weight is 398 g/mol. The number of rotatable bonds is 8. The summed E-state index contributed by atoms with van der Waals surface area (Å²) in [4.78, 5) is 27.6. The van der Waals surface area contributed by atoms with E-state index in [1.807, 2.05) is 37.4 Å². The van der Waals surface area contributed by atoms with E-state index in [0.29, 0.717) is 23.7 Å². The number of carbonyl (C=O) groups is 2. The number of aryl methyl sites for hydroxylation is 3. The number of aromatic nitrogens is 1. The summed E-state index contributed by atoms with van der Waals surface area (Å²) in [7, 11) is 0. The maximum atomic E-state index is 12.1. The first-order valence-electron chi connectivity index (χ1n) is 8.94. The molecule has 0 unspecified atom stereocenters. The van der Waals surface area contributed by atoms with Gasteiger partial charge in [0.1, 0.15) is 23.1 Å². The SMILES string of the molecule is CC(=O)CCc1ccc(OCC(=O)Nc2nc(-c3cc(C)oc3C)cs2)cc1. The minimum absolute atomic E-state index is 0.106. The second-order valence-corrected chi connectivity index (χ2v) is 7.41. The zero-order valence-electron chi connectivity index (χ0n) is 16.1. The van der Waals surface area contributed by atoms with Crippen LogP contribution in [0, 0.1) is 13.8 Å². The number of anilines is 1. The Morgan fingerprint density at radius 2 is 1.96 bits per heavy atom. The molecule has 1 N–H and O–H groups in total. The maximum absolute atomic E-state index is 12.1. The van der Waals surface area contributed by atoms with E-state index < -0.39 is 0 Å². The molecule has 0 fully saturated rings. The van der Waals surface area contributed by atoms with Gasteiger partial charge in [-0.3, -0.25) is 10.1 Å². The molecule has 0 saturated carbocycles. The van der Waals surface area contributed by atoms with Crippen molar-refractivity contribution in [2.45, 2.75) is 33.6 Å². The van der Waals surface area contributed by atoms with E-state index >= 15 is 0 Å². The molecule has 0 spiro atoms. The monoisotopic (exact) mass is 398 g/mol. The van der Waals surface area contributed by atoms with Crippen molar-refractivity contribution in [2.24, 2.45) is 0 Å². The molecule has 146 valence electrons. The van der Waals surface area contributed by atoms with Crippen molar-refractivity contribution in [3.8, 4) is 17.0 Å². The third-order valence-corrected chi connectivity index (χ3v) is 4.88. The van der Waals surface area contributed by atoms with Crippen molar-refractivity contribution in [3.05, 3.63) is 52.8 Å². The minimum Gasteiger partial charge on any atom is -0.484 e. The summed E-state index contributed by atoms with van der Waals surface area (Å²) in [5.41, 5.74) is 2.76. The molecule has 3 aromatic rings. The number of carbonyl (C=O) groups excluding carboxylic acids is 2. The molecule has 0 atom stereocenters. The summed E-state index contributed by atoms with van der Waals surface area (Å²) in [6.07, 6.45) is 1.23. The summed E-state index contributed by atoms with van der Waals surface area (Å²) < 4.78 is 11.0. The third-order valence-electron chi connectivity index (χ3n) is 4.13. The second kappa shape index (κ2) is 8.84. The summed E-state index contributed by atoms with van der Waals surface area (Å²) in [6.45, 7) is 5.25. The topological polar surface area (TPSA) is 81.4 Å². The molecule has 2 aromatic heterocycles. The number of hydrogen-bond donors (Lipinski definition) is 1. The largest absolute Gasteiger partial charge is 0.484 e. The van der Waals surface area contributed by atoms with Gasteiger partial charge in [0.2, 0.25) is 0 Å².